The van der Waals surface area contributed by atoms with Gasteiger partial charge in [-0.1, -0.05) is 29.3 Å². The molecule has 118 valence electrons. The summed E-state index contributed by atoms with van der Waals surface area (Å²) in [4.78, 5) is 17.3. The molecule has 0 saturated carbocycles. The Bertz CT molecular complexity index is 815. The zero-order valence-electron chi connectivity index (χ0n) is 12.0. The Morgan fingerprint density at radius 3 is 2.78 bits per heavy atom. The van der Waals surface area contributed by atoms with Crippen molar-refractivity contribution in [2.75, 3.05) is 0 Å². The van der Waals surface area contributed by atoms with E-state index in [0.29, 0.717) is 23.0 Å². The Hall–Kier alpha value is -1.82. The molecule has 3 aromatic rings. The first-order valence-corrected chi connectivity index (χ1v) is 8.48. The van der Waals surface area contributed by atoms with E-state index in [1.807, 2.05) is 35.2 Å². The van der Waals surface area contributed by atoms with Crippen molar-refractivity contribution < 1.29 is 4.79 Å². The average Bonchev–Trinajstić information content (AvgIpc) is 3.17. The van der Waals surface area contributed by atoms with E-state index < -0.39 is 0 Å². The van der Waals surface area contributed by atoms with Crippen molar-refractivity contribution in [2.24, 2.45) is 0 Å². The molecule has 2 aromatic heterocycles. The second-order valence-corrected chi connectivity index (χ2v) is 6.83. The van der Waals surface area contributed by atoms with Crippen molar-refractivity contribution in [1.82, 2.24) is 14.9 Å². The van der Waals surface area contributed by atoms with Gasteiger partial charge in [-0.05, 0) is 29.8 Å². The van der Waals surface area contributed by atoms with Gasteiger partial charge in [0.25, 0.3) is 0 Å². The lowest BCUT2D eigenvalue weighted by atomic mass is 10.2. The molecular weight excluding hydrogens is 353 g/mol. The highest BCUT2D eigenvalue weighted by molar-refractivity contribution is 7.14. The van der Waals surface area contributed by atoms with Crippen molar-refractivity contribution >= 4 is 40.4 Å². The SMILES string of the molecule is O=C(Cc1cnc(-n2cccc2)s1)NCc1ccc(Cl)cc1Cl. The zero-order valence-corrected chi connectivity index (χ0v) is 14.3. The van der Waals surface area contributed by atoms with Crippen molar-refractivity contribution in [1.29, 1.82) is 0 Å². The summed E-state index contributed by atoms with van der Waals surface area (Å²) >= 11 is 13.4. The monoisotopic (exact) mass is 365 g/mol. The molecule has 1 N–H and O–H groups in total. The number of hydrogen-bond acceptors (Lipinski definition) is 3. The summed E-state index contributed by atoms with van der Waals surface area (Å²) in [5, 5.41) is 4.83. The number of thiazole rings is 1. The molecule has 0 aliphatic carbocycles. The van der Waals surface area contributed by atoms with Gasteiger partial charge >= 0.3 is 0 Å². The van der Waals surface area contributed by atoms with Crippen LogP contribution in [0.1, 0.15) is 10.4 Å². The Morgan fingerprint density at radius 1 is 1.26 bits per heavy atom. The molecule has 0 unspecified atom stereocenters. The zero-order chi connectivity index (χ0) is 16.2. The van der Waals surface area contributed by atoms with E-state index in [0.717, 1.165) is 15.6 Å². The van der Waals surface area contributed by atoms with Gasteiger partial charge in [-0.25, -0.2) is 4.98 Å². The van der Waals surface area contributed by atoms with E-state index in [1.165, 1.54) is 11.3 Å². The van der Waals surface area contributed by atoms with Gasteiger partial charge < -0.3 is 9.88 Å². The predicted octanol–water partition coefficient (Wildman–Crippen LogP) is 4.10. The second-order valence-electron chi connectivity index (χ2n) is 4.89. The molecule has 7 heteroatoms. The molecule has 23 heavy (non-hydrogen) atoms. The summed E-state index contributed by atoms with van der Waals surface area (Å²) in [5.41, 5.74) is 0.835. The fourth-order valence-corrected chi connectivity index (χ4v) is 3.39. The lowest BCUT2D eigenvalue weighted by molar-refractivity contribution is -0.120. The number of rotatable bonds is 5. The second kappa shape index (κ2) is 7.17. The Morgan fingerprint density at radius 2 is 2.04 bits per heavy atom. The topological polar surface area (TPSA) is 46.9 Å². The molecule has 3 rings (SSSR count). The van der Waals surface area contributed by atoms with Crippen LogP contribution in [0.3, 0.4) is 0 Å². The Balaban J connectivity index is 1.57. The van der Waals surface area contributed by atoms with Crippen molar-refractivity contribution in [3.63, 3.8) is 0 Å². The maximum atomic E-state index is 12.1. The third kappa shape index (κ3) is 4.13. The number of benzene rings is 1. The fourth-order valence-electron chi connectivity index (χ4n) is 2.04. The number of carbonyl (C=O) groups is 1. The van der Waals surface area contributed by atoms with Crippen LogP contribution in [0.2, 0.25) is 10.0 Å². The first-order valence-electron chi connectivity index (χ1n) is 6.90. The van der Waals surface area contributed by atoms with E-state index in [4.69, 9.17) is 23.2 Å². The van der Waals surface area contributed by atoms with E-state index in [-0.39, 0.29) is 5.91 Å². The molecule has 0 aliphatic rings. The number of amides is 1. The smallest absolute Gasteiger partial charge is 0.225 e. The molecule has 1 amide bonds. The lowest BCUT2D eigenvalue weighted by Gasteiger charge is -2.06. The summed E-state index contributed by atoms with van der Waals surface area (Å²) in [6.45, 7) is 0.373. The van der Waals surface area contributed by atoms with Gasteiger partial charge in [0.05, 0.1) is 6.42 Å². The number of halogens is 2. The van der Waals surface area contributed by atoms with Crippen LogP contribution in [-0.2, 0) is 17.8 Å². The highest BCUT2D eigenvalue weighted by Gasteiger charge is 2.09. The van der Waals surface area contributed by atoms with E-state index in [1.54, 1.807) is 18.3 Å². The molecule has 0 fully saturated rings. The molecule has 0 spiro atoms. The van der Waals surface area contributed by atoms with Crippen LogP contribution in [0, 0.1) is 0 Å². The highest BCUT2D eigenvalue weighted by Crippen LogP contribution is 2.21. The van der Waals surface area contributed by atoms with Crippen LogP contribution in [0.15, 0.2) is 48.9 Å². The fraction of sp³-hybridized carbons (Fsp3) is 0.125. The van der Waals surface area contributed by atoms with Crippen LogP contribution in [0.5, 0.6) is 0 Å². The van der Waals surface area contributed by atoms with Crippen LogP contribution in [-0.4, -0.2) is 15.5 Å². The predicted molar refractivity (Wildman–Crippen MR) is 93.5 cm³/mol. The minimum Gasteiger partial charge on any atom is -0.352 e. The minimum atomic E-state index is -0.0706. The van der Waals surface area contributed by atoms with E-state index in [2.05, 4.69) is 10.3 Å². The first kappa shape index (κ1) is 16.1. The molecule has 0 radical (unpaired) electrons. The van der Waals surface area contributed by atoms with Crippen LogP contribution in [0.4, 0.5) is 0 Å². The maximum absolute atomic E-state index is 12.1. The van der Waals surface area contributed by atoms with Gasteiger partial charge in [-0.15, -0.1) is 11.3 Å². The summed E-state index contributed by atoms with van der Waals surface area (Å²) < 4.78 is 1.92. The van der Waals surface area contributed by atoms with Crippen molar-refractivity contribution in [2.45, 2.75) is 13.0 Å². The van der Waals surface area contributed by atoms with Gasteiger partial charge in [0.2, 0.25) is 5.91 Å². The van der Waals surface area contributed by atoms with Crippen LogP contribution in [0.25, 0.3) is 5.13 Å². The van der Waals surface area contributed by atoms with Crippen LogP contribution >= 0.6 is 34.5 Å². The minimum absolute atomic E-state index is 0.0706. The largest absolute Gasteiger partial charge is 0.352 e. The van der Waals surface area contributed by atoms with Gasteiger partial charge in [0, 0.05) is 40.1 Å². The molecule has 1 aromatic carbocycles. The maximum Gasteiger partial charge on any atom is 0.225 e. The molecule has 2 heterocycles. The quantitative estimate of drug-likeness (QED) is 0.739. The van der Waals surface area contributed by atoms with Gasteiger partial charge in [-0.3, -0.25) is 4.79 Å². The normalized spacial score (nSPS) is 10.7. The number of hydrogen-bond donors (Lipinski definition) is 1. The summed E-state index contributed by atoms with van der Waals surface area (Å²) in [5.74, 6) is -0.0706. The van der Waals surface area contributed by atoms with Gasteiger partial charge in [-0.2, -0.15) is 0 Å². The van der Waals surface area contributed by atoms with E-state index >= 15 is 0 Å². The van der Waals surface area contributed by atoms with E-state index in [9.17, 15) is 4.79 Å². The summed E-state index contributed by atoms with van der Waals surface area (Å²) in [6, 6.07) is 9.09. The Labute approximate surface area is 147 Å². The molecular formula is C16H13Cl2N3OS. The Kier molecular flexibility index (Phi) is 5.00. The first-order chi connectivity index (χ1) is 11.1. The summed E-state index contributed by atoms with van der Waals surface area (Å²) in [6.07, 6.45) is 5.87. The van der Waals surface area contributed by atoms with Gasteiger partial charge in [0.15, 0.2) is 5.13 Å². The number of aromatic nitrogens is 2. The van der Waals surface area contributed by atoms with Crippen molar-refractivity contribution in [3.05, 3.63) is 69.4 Å². The average molecular weight is 366 g/mol. The molecule has 0 atom stereocenters. The standard InChI is InChI=1S/C16H13Cl2N3OS/c17-12-4-3-11(14(18)7-12)9-19-15(22)8-13-10-20-16(23-13)21-5-1-2-6-21/h1-7,10H,8-9H2,(H,19,22). The van der Waals surface area contributed by atoms with Crippen LogP contribution < -0.4 is 5.32 Å². The molecule has 0 bridgehead atoms. The number of nitrogens with one attached hydrogen (secondary N) is 1. The lowest BCUT2D eigenvalue weighted by Crippen LogP contribution is -2.24. The number of carbonyl (C=O) groups excluding carboxylic acids is 1. The highest BCUT2D eigenvalue weighted by atomic mass is 35.5. The van der Waals surface area contributed by atoms with Crippen molar-refractivity contribution in [3.8, 4) is 5.13 Å². The van der Waals surface area contributed by atoms with Gasteiger partial charge in [0.1, 0.15) is 0 Å². The summed E-state index contributed by atoms with van der Waals surface area (Å²) in [7, 11) is 0. The molecule has 0 aliphatic heterocycles. The number of nitrogens with zero attached hydrogens (tertiary/aromatic N) is 2. The third-order valence-electron chi connectivity index (χ3n) is 3.19. The molecule has 0 saturated heterocycles. The third-order valence-corrected chi connectivity index (χ3v) is 4.79. The molecule has 4 nitrogen and oxygen atoms in total.